The molecule has 7 nitrogen and oxygen atoms in total. The minimum absolute atomic E-state index is 0.0472. The van der Waals surface area contributed by atoms with Gasteiger partial charge in [-0.2, -0.15) is 0 Å². The predicted octanol–water partition coefficient (Wildman–Crippen LogP) is 7.27. The monoisotopic (exact) mass is 561 g/mol. The third-order valence-corrected chi connectivity index (χ3v) is 7.56. The number of carbonyl (C=O) groups excluding carboxylic acids is 1. The number of hydrogen-bond donors (Lipinski definition) is 0. The van der Waals surface area contributed by atoms with Crippen LogP contribution in [0.5, 0.6) is 11.6 Å². The first-order chi connectivity index (χ1) is 17.8. The molecule has 0 spiro atoms. The lowest BCUT2D eigenvalue weighted by Crippen LogP contribution is -2.25. The smallest absolute Gasteiger partial charge is 0.364 e. The average Bonchev–Trinajstić information content (AvgIpc) is 3.26. The van der Waals surface area contributed by atoms with Gasteiger partial charge in [-0.15, -0.1) is 5.10 Å². The molecule has 1 saturated carbocycles. The summed E-state index contributed by atoms with van der Waals surface area (Å²) in [4.78, 5) is 10.6. The van der Waals surface area contributed by atoms with Crippen LogP contribution in [0.4, 0.5) is 19.4 Å². The van der Waals surface area contributed by atoms with Crippen LogP contribution in [0.25, 0.3) is 0 Å². The Morgan fingerprint density at radius 2 is 1.61 bits per heavy atom. The molecular weight excluding hydrogens is 533 g/mol. The van der Waals surface area contributed by atoms with E-state index in [9.17, 15) is 24.2 Å². The van der Waals surface area contributed by atoms with Crippen LogP contribution in [0.15, 0.2) is 53.4 Å². The van der Waals surface area contributed by atoms with Crippen molar-refractivity contribution in [2.45, 2.75) is 56.1 Å². The van der Waals surface area contributed by atoms with Gasteiger partial charge in [0.2, 0.25) is 11.6 Å². The summed E-state index contributed by atoms with van der Waals surface area (Å²) < 4.78 is 83.1. The van der Waals surface area contributed by atoms with Gasteiger partial charge in [0.25, 0.3) is 0 Å². The van der Waals surface area contributed by atoms with Gasteiger partial charge in [0.1, 0.15) is 16.7 Å². The quantitative estimate of drug-likeness (QED) is 0.202. The molecule has 0 bridgehead atoms. The number of rotatable bonds is 9. The highest BCUT2D eigenvalue weighted by atomic mass is 32.5. The number of halogens is 5. The van der Waals surface area contributed by atoms with Gasteiger partial charge >= 0.3 is 16.2 Å². The number of esters is 1. The lowest BCUT2D eigenvalue weighted by Gasteiger charge is -2.40. The maximum Gasteiger partial charge on any atom is 0.364 e. The molecule has 4 rings (SSSR count). The number of nitrogens with zero attached hydrogens (tertiary/aromatic N) is 3. The van der Waals surface area contributed by atoms with Crippen LogP contribution in [-0.2, 0) is 11.3 Å². The van der Waals surface area contributed by atoms with Crippen LogP contribution in [0, 0.1) is 0 Å². The SMILES string of the molecule is CCOC(=O)c1nnn(Cc2ccc(OC)cc2)c1OC1CCC(c2ccc(S(F)(F)(F)(F)F)cc2)CC1. The number of methoxy groups -OCH3 is 1. The molecule has 1 aliphatic rings. The summed E-state index contributed by atoms with van der Waals surface area (Å²) in [6, 6.07) is 10.4. The van der Waals surface area contributed by atoms with Crippen molar-refractivity contribution >= 4 is 16.2 Å². The molecule has 0 aliphatic heterocycles. The predicted molar refractivity (Wildman–Crippen MR) is 132 cm³/mol. The fourth-order valence-electron chi connectivity index (χ4n) is 4.42. The molecule has 38 heavy (non-hydrogen) atoms. The van der Waals surface area contributed by atoms with Crippen molar-refractivity contribution in [3.05, 3.63) is 65.4 Å². The fraction of sp³-hybridized carbons (Fsp3) is 0.400. The summed E-state index contributed by atoms with van der Waals surface area (Å²) in [6.07, 6.45) is 1.88. The Morgan fingerprint density at radius 1 is 0.974 bits per heavy atom. The second-order valence-electron chi connectivity index (χ2n) is 9.10. The second-order valence-corrected chi connectivity index (χ2v) is 11.5. The summed E-state index contributed by atoms with van der Waals surface area (Å²) in [5.74, 6) is 0.0921. The van der Waals surface area contributed by atoms with E-state index in [1.54, 1.807) is 26.2 Å². The van der Waals surface area contributed by atoms with Crippen LogP contribution in [0.2, 0.25) is 0 Å². The van der Waals surface area contributed by atoms with Gasteiger partial charge in [-0.1, -0.05) is 48.9 Å². The Balaban J connectivity index is 1.46. The summed E-state index contributed by atoms with van der Waals surface area (Å²) in [7, 11) is -8.14. The second kappa shape index (κ2) is 9.75. The molecular formula is C25H28F5N3O4S. The Hall–Kier alpha value is -3.35. The zero-order valence-electron chi connectivity index (χ0n) is 20.8. The zero-order valence-corrected chi connectivity index (χ0v) is 21.6. The van der Waals surface area contributed by atoms with E-state index in [-0.39, 0.29) is 36.7 Å². The van der Waals surface area contributed by atoms with Gasteiger partial charge in [0, 0.05) is 0 Å². The van der Waals surface area contributed by atoms with Crippen molar-refractivity contribution in [2.75, 3.05) is 13.7 Å². The van der Waals surface area contributed by atoms with Crippen molar-refractivity contribution in [3.63, 3.8) is 0 Å². The molecule has 0 unspecified atom stereocenters. The minimum Gasteiger partial charge on any atom is -0.497 e. The molecule has 1 fully saturated rings. The molecule has 1 aromatic heterocycles. The molecule has 3 aromatic rings. The highest BCUT2D eigenvalue weighted by Gasteiger charge is 2.65. The Labute approximate surface area is 216 Å². The van der Waals surface area contributed by atoms with E-state index in [2.05, 4.69) is 10.3 Å². The summed E-state index contributed by atoms with van der Waals surface area (Å²) in [5, 5.41) is 8.05. The van der Waals surface area contributed by atoms with Crippen molar-refractivity contribution in [1.82, 2.24) is 15.0 Å². The van der Waals surface area contributed by atoms with E-state index in [4.69, 9.17) is 14.2 Å². The van der Waals surface area contributed by atoms with E-state index >= 15 is 0 Å². The number of carbonyl (C=O) groups is 1. The molecule has 0 N–H and O–H groups in total. The van der Waals surface area contributed by atoms with E-state index < -0.39 is 21.1 Å². The average molecular weight is 562 g/mol. The first-order valence-corrected chi connectivity index (χ1v) is 14.0. The number of benzene rings is 2. The van der Waals surface area contributed by atoms with E-state index in [0.29, 0.717) is 49.1 Å². The largest absolute Gasteiger partial charge is 0.497 e. The van der Waals surface area contributed by atoms with Crippen molar-refractivity contribution in [2.24, 2.45) is 0 Å². The molecule has 0 atom stereocenters. The maximum atomic E-state index is 13.0. The van der Waals surface area contributed by atoms with Gasteiger partial charge in [-0.05, 0) is 73.9 Å². The van der Waals surface area contributed by atoms with Crippen molar-refractivity contribution in [1.29, 1.82) is 0 Å². The molecule has 1 heterocycles. The zero-order chi connectivity index (χ0) is 27.6. The van der Waals surface area contributed by atoms with Crippen LogP contribution >= 0.6 is 10.2 Å². The van der Waals surface area contributed by atoms with Crippen molar-refractivity contribution < 1.29 is 38.4 Å². The van der Waals surface area contributed by atoms with E-state index in [1.165, 1.54) is 4.68 Å². The normalized spacial score (nSPS) is 19.8. The van der Waals surface area contributed by atoms with E-state index in [1.807, 2.05) is 12.1 Å². The standard InChI is InChI=1S/C25H28F5N3O4S/c1-3-36-25(34)23-24(33(32-31-23)16-17-4-10-20(35-2)11-5-17)37-21-12-6-18(7-13-21)19-8-14-22(15-9-19)38(26,27,28,29)30/h4-5,8-11,14-15,18,21H,3,6-7,12-13,16H2,1-2H3. The minimum atomic E-state index is -9.70. The molecule has 13 heteroatoms. The summed E-state index contributed by atoms with van der Waals surface area (Å²) >= 11 is 0. The van der Waals surface area contributed by atoms with Gasteiger partial charge in [-0.3, -0.25) is 0 Å². The van der Waals surface area contributed by atoms with Gasteiger partial charge in [0.15, 0.2) is 0 Å². The summed E-state index contributed by atoms with van der Waals surface area (Å²) in [5.41, 5.74) is 1.39. The molecule has 2 aromatic carbocycles. The Morgan fingerprint density at radius 3 is 2.16 bits per heavy atom. The molecule has 0 radical (unpaired) electrons. The van der Waals surface area contributed by atoms with Gasteiger partial charge in [-0.25, -0.2) is 9.48 Å². The first-order valence-electron chi connectivity index (χ1n) is 12.0. The third-order valence-electron chi connectivity index (χ3n) is 6.40. The van der Waals surface area contributed by atoms with Crippen LogP contribution in [0.1, 0.15) is 60.1 Å². The molecule has 208 valence electrons. The topological polar surface area (TPSA) is 75.5 Å². The molecule has 0 amide bonds. The van der Waals surface area contributed by atoms with Crippen LogP contribution in [0.3, 0.4) is 0 Å². The van der Waals surface area contributed by atoms with E-state index in [0.717, 1.165) is 17.7 Å². The van der Waals surface area contributed by atoms with Crippen LogP contribution < -0.4 is 9.47 Å². The number of hydrogen-bond acceptors (Lipinski definition) is 6. The molecule has 0 saturated heterocycles. The lowest BCUT2D eigenvalue weighted by atomic mass is 9.83. The Kier molecular flexibility index (Phi) is 7.10. The highest BCUT2D eigenvalue weighted by molar-refractivity contribution is 8.45. The Bertz CT molecular complexity index is 1270. The number of ether oxygens (including phenoxy) is 3. The maximum absolute atomic E-state index is 13.0. The van der Waals surface area contributed by atoms with Crippen LogP contribution in [-0.4, -0.2) is 40.8 Å². The van der Waals surface area contributed by atoms with Gasteiger partial charge < -0.3 is 14.2 Å². The third kappa shape index (κ3) is 6.55. The first kappa shape index (κ1) is 27.7. The van der Waals surface area contributed by atoms with Crippen molar-refractivity contribution in [3.8, 4) is 11.6 Å². The highest BCUT2D eigenvalue weighted by Crippen LogP contribution is 3.02. The number of aromatic nitrogens is 3. The summed E-state index contributed by atoms with van der Waals surface area (Å²) in [6.45, 7) is 2.10. The molecule has 1 aliphatic carbocycles. The fourth-order valence-corrected chi connectivity index (χ4v) is 5.08. The van der Waals surface area contributed by atoms with Gasteiger partial charge in [0.05, 0.1) is 20.3 Å². The lowest BCUT2D eigenvalue weighted by molar-refractivity contribution is 0.0507.